The van der Waals surface area contributed by atoms with Crippen LogP contribution >= 0.6 is 22.9 Å². The number of nitrogens with two attached hydrogens (primary N) is 1. The van der Waals surface area contributed by atoms with Crippen molar-refractivity contribution in [3.8, 4) is 0 Å². The largest absolute Gasteiger partial charge is 0.322 e. The van der Waals surface area contributed by atoms with Gasteiger partial charge in [-0.3, -0.25) is 4.79 Å². The number of aromatic nitrogens is 3. The molecule has 0 saturated carbocycles. The van der Waals surface area contributed by atoms with Crippen molar-refractivity contribution >= 4 is 33.8 Å². The molecular weight excluding hydrogens is 246 g/mol. The number of carbonyl (C=O) groups excluding carboxylic acids is 1. The van der Waals surface area contributed by atoms with Gasteiger partial charge in [-0.2, -0.15) is 0 Å². The van der Waals surface area contributed by atoms with Gasteiger partial charge in [-0.25, -0.2) is 4.98 Å². The summed E-state index contributed by atoms with van der Waals surface area (Å²) in [6, 6.07) is -0.156. The van der Waals surface area contributed by atoms with Gasteiger partial charge in [0.1, 0.15) is 15.7 Å². The highest BCUT2D eigenvalue weighted by molar-refractivity contribution is 7.10. The third-order valence-electron chi connectivity index (χ3n) is 1.74. The molecule has 0 aliphatic carbocycles. The molecule has 0 spiro atoms. The molecule has 1 unspecified atom stereocenters. The highest BCUT2D eigenvalue weighted by Crippen LogP contribution is 2.17. The minimum atomic E-state index is -0.269. The van der Waals surface area contributed by atoms with Crippen LogP contribution in [-0.2, 0) is 0 Å². The lowest BCUT2D eigenvalue weighted by molar-refractivity contribution is 0.102. The van der Waals surface area contributed by atoms with Crippen LogP contribution in [-0.4, -0.2) is 20.5 Å². The van der Waals surface area contributed by atoms with Gasteiger partial charge in [0, 0.05) is 16.9 Å². The van der Waals surface area contributed by atoms with Crippen LogP contribution in [0.25, 0.3) is 0 Å². The number of rotatable bonds is 3. The lowest BCUT2D eigenvalue weighted by atomic mass is 10.4. The molecular formula is C8H9N5OS2. The number of hydrogen-bond donors (Lipinski definition) is 2. The molecule has 0 aliphatic heterocycles. The molecule has 0 aromatic carbocycles. The van der Waals surface area contributed by atoms with Crippen LogP contribution in [0.1, 0.15) is 28.5 Å². The van der Waals surface area contributed by atoms with Gasteiger partial charge in [-0.15, -0.1) is 16.4 Å². The number of nitrogens with zero attached hydrogens (tertiary/aromatic N) is 3. The molecule has 2 aromatic heterocycles. The fraction of sp³-hybridized carbons (Fsp3) is 0.250. The van der Waals surface area contributed by atoms with Crippen molar-refractivity contribution in [2.75, 3.05) is 5.32 Å². The first-order valence-electron chi connectivity index (χ1n) is 4.46. The summed E-state index contributed by atoms with van der Waals surface area (Å²) in [5.41, 5.74) is 6.03. The van der Waals surface area contributed by atoms with Crippen molar-refractivity contribution < 1.29 is 4.79 Å². The zero-order valence-corrected chi connectivity index (χ0v) is 10.0. The standard InChI is InChI=1S/C8H9N5OS2/c1-4(9)8-11-5(3-15-8)7(14)12-6-2-10-13-16-6/h2-4H,9H2,1H3,(H,12,14). The van der Waals surface area contributed by atoms with E-state index in [4.69, 9.17) is 5.73 Å². The van der Waals surface area contributed by atoms with E-state index in [2.05, 4.69) is 19.9 Å². The summed E-state index contributed by atoms with van der Waals surface area (Å²) in [5, 5.41) is 9.29. The van der Waals surface area contributed by atoms with Gasteiger partial charge in [0.15, 0.2) is 0 Å². The summed E-state index contributed by atoms with van der Waals surface area (Å²) in [4.78, 5) is 15.8. The van der Waals surface area contributed by atoms with E-state index in [1.165, 1.54) is 17.5 Å². The molecule has 2 rings (SSSR count). The Morgan fingerprint density at radius 3 is 3.00 bits per heavy atom. The van der Waals surface area contributed by atoms with Gasteiger partial charge >= 0.3 is 0 Å². The second-order valence-corrected chi connectivity index (χ2v) is 4.77. The van der Waals surface area contributed by atoms with Crippen molar-refractivity contribution in [3.63, 3.8) is 0 Å². The van der Waals surface area contributed by atoms with Crippen LogP contribution in [0.3, 0.4) is 0 Å². The maximum atomic E-state index is 11.7. The molecule has 8 heteroatoms. The molecule has 16 heavy (non-hydrogen) atoms. The number of carbonyl (C=O) groups is 1. The van der Waals surface area contributed by atoms with Crippen molar-refractivity contribution in [1.29, 1.82) is 0 Å². The van der Waals surface area contributed by atoms with E-state index in [9.17, 15) is 4.79 Å². The molecule has 3 N–H and O–H groups in total. The topological polar surface area (TPSA) is 93.8 Å². The monoisotopic (exact) mass is 255 g/mol. The average molecular weight is 255 g/mol. The van der Waals surface area contributed by atoms with E-state index in [1.807, 2.05) is 6.92 Å². The summed E-state index contributed by atoms with van der Waals surface area (Å²) < 4.78 is 3.64. The number of anilines is 1. The molecule has 0 aliphatic rings. The van der Waals surface area contributed by atoms with Gasteiger partial charge < -0.3 is 11.1 Å². The normalized spacial score (nSPS) is 12.4. The fourth-order valence-corrected chi connectivity index (χ4v) is 2.17. The van der Waals surface area contributed by atoms with Crippen molar-refractivity contribution in [2.24, 2.45) is 5.73 Å². The van der Waals surface area contributed by atoms with E-state index in [0.717, 1.165) is 16.5 Å². The predicted octanol–water partition coefficient (Wildman–Crippen LogP) is 1.27. The Balaban J connectivity index is 2.09. The Kier molecular flexibility index (Phi) is 3.22. The Hall–Kier alpha value is -1.38. The van der Waals surface area contributed by atoms with E-state index in [-0.39, 0.29) is 11.9 Å². The van der Waals surface area contributed by atoms with E-state index in [0.29, 0.717) is 10.7 Å². The van der Waals surface area contributed by atoms with Crippen molar-refractivity contribution in [3.05, 3.63) is 22.3 Å². The van der Waals surface area contributed by atoms with Crippen LogP contribution in [0.2, 0.25) is 0 Å². The zero-order valence-electron chi connectivity index (χ0n) is 8.38. The van der Waals surface area contributed by atoms with Gasteiger partial charge in [-0.05, 0) is 6.92 Å². The lowest BCUT2D eigenvalue weighted by Gasteiger charge is -1.98. The average Bonchev–Trinajstić information content (AvgIpc) is 2.86. The van der Waals surface area contributed by atoms with Gasteiger partial charge in [-0.1, -0.05) is 4.49 Å². The van der Waals surface area contributed by atoms with Gasteiger partial charge in [0.2, 0.25) is 0 Å². The van der Waals surface area contributed by atoms with Gasteiger partial charge in [0.25, 0.3) is 5.91 Å². The van der Waals surface area contributed by atoms with E-state index >= 15 is 0 Å². The van der Waals surface area contributed by atoms with Gasteiger partial charge in [0.05, 0.1) is 12.2 Å². The number of hydrogen-bond acceptors (Lipinski definition) is 7. The molecule has 1 amide bonds. The third kappa shape index (κ3) is 2.40. The predicted molar refractivity (Wildman–Crippen MR) is 62.6 cm³/mol. The van der Waals surface area contributed by atoms with Crippen LogP contribution in [0.4, 0.5) is 5.00 Å². The summed E-state index contributed by atoms with van der Waals surface area (Å²) in [5.74, 6) is -0.269. The third-order valence-corrected chi connectivity index (χ3v) is 3.37. The molecule has 2 aromatic rings. The van der Waals surface area contributed by atoms with Crippen LogP contribution in [0.5, 0.6) is 0 Å². The van der Waals surface area contributed by atoms with Crippen molar-refractivity contribution in [2.45, 2.75) is 13.0 Å². The summed E-state index contributed by atoms with van der Waals surface area (Å²) in [7, 11) is 0. The Labute approximate surface area is 99.7 Å². The van der Waals surface area contributed by atoms with E-state index < -0.39 is 0 Å². The van der Waals surface area contributed by atoms with Crippen LogP contribution in [0.15, 0.2) is 11.6 Å². The summed E-state index contributed by atoms with van der Waals surface area (Å²) in [6.07, 6.45) is 1.49. The molecule has 2 heterocycles. The Bertz CT molecular complexity index is 478. The molecule has 0 fully saturated rings. The highest BCUT2D eigenvalue weighted by atomic mass is 32.1. The Morgan fingerprint density at radius 1 is 1.62 bits per heavy atom. The highest BCUT2D eigenvalue weighted by Gasteiger charge is 2.13. The van der Waals surface area contributed by atoms with Crippen molar-refractivity contribution in [1.82, 2.24) is 14.6 Å². The summed E-state index contributed by atoms with van der Waals surface area (Å²) >= 11 is 2.49. The number of nitrogens with one attached hydrogen (secondary N) is 1. The quantitative estimate of drug-likeness (QED) is 0.861. The number of amides is 1. The Morgan fingerprint density at radius 2 is 2.44 bits per heavy atom. The first-order valence-corrected chi connectivity index (χ1v) is 6.12. The van der Waals surface area contributed by atoms with E-state index in [1.54, 1.807) is 5.38 Å². The molecule has 0 saturated heterocycles. The van der Waals surface area contributed by atoms with Crippen LogP contribution < -0.4 is 11.1 Å². The first kappa shape index (κ1) is 11.1. The molecule has 0 radical (unpaired) electrons. The SMILES string of the molecule is CC(N)c1nc(C(=O)Nc2cnns2)cs1. The minimum Gasteiger partial charge on any atom is -0.322 e. The fourth-order valence-electron chi connectivity index (χ4n) is 0.999. The molecule has 6 nitrogen and oxygen atoms in total. The van der Waals surface area contributed by atoms with Crippen LogP contribution in [0, 0.1) is 0 Å². The molecule has 0 bridgehead atoms. The zero-order chi connectivity index (χ0) is 11.5. The molecule has 1 atom stereocenters. The smallest absolute Gasteiger partial charge is 0.275 e. The first-order chi connectivity index (χ1) is 7.66. The maximum absolute atomic E-state index is 11.7. The maximum Gasteiger partial charge on any atom is 0.275 e. The minimum absolute atomic E-state index is 0.156. The summed E-state index contributed by atoms with van der Waals surface area (Å²) in [6.45, 7) is 1.83. The second-order valence-electron chi connectivity index (χ2n) is 3.10. The lowest BCUT2D eigenvalue weighted by Crippen LogP contribution is -2.12. The number of thiazole rings is 1. The second kappa shape index (κ2) is 4.64. The molecule has 84 valence electrons.